The molecular weight excluding hydrogens is 232 g/mol. The second kappa shape index (κ2) is 7.77. The van der Waals surface area contributed by atoms with Crippen molar-refractivity contribution in [2.75, 3.05) is 0 Å². The Kier molecular flexibility index (Phi) is 7.47. The molecule has 1 heteroatoms. The smallest absolute Gasteiger partial charge is 0.105 e. The van der Waals surface area contributed by atoms with E-state index in [4.69, 9.17) is 4.74 Å². The maximum atomic E-state index is 6.36. The van der Waals surface area contributed by atoms with Gasteiger partial charge in [-0.25, -0.2) is 0 Å². The molecule has 0 aromatic carbocycles. The van der Waals surface area contributed by atoms with Gasteiger partial charge in [-0.1, -0.05) is 55.4 Å². The first-order valence-electron chi connectivity index (χ1n) is 7.84. The third-order valence-electron chi connectivity index (χ3n) is 4.10. The zero-order chi connectivity index (χ0) is 15.1. The van der Waals surface area contributed by atoms with E-state index in [0.29, 0.717) is 0 Å². The van der Waals surface area contributed by atoms with E-state index in [1.165, 1.54) is 0 Å². The molecule has 0 unspecified atom stereocenters. The van der Waals surface area contributed by atoms with Crippen LogP contribution in [-0.4, -0.2) is 0 Å². The molecule has 0 aliphatic rings. The van der Waals surface area contributed by atoms with Crippen LogP contribution in [0.2, 0.25) is 0 Å². The fourth-order valence-electron chi connectivity index (χ4n) is 1.75. The topological polar surface area (TPSA) is 9.23 Å². The van der Waals surface area contributed by atoms with E-state index in [2.05, 4.69) is 67.5 Å². The maximum Gasteiger partial charge on any atom is 0.105 e. The number of ether oxygens (including phenoxy) is 1. The fraction of sp³-hybridized carbons (Fsp3) is 0.778. The molecule has 112 valence electrons. The molecule has 0 bridgehead atoms. The van der Waals surface area contributed by atoms with Crippen LogP contribution >= 0.6 is 0 Å². The molecule has 0 saturated carbocycles. The summed E-state index contributed by atoms with van der Waals surface area (Å²) in [5.74, 6) is 2.25. The van der Waals surface area contributed by atoms with Crippen molar-refractivity contribution in [3.8, 4) is 0 Å². The van der Waals surface area contributed by atoms with Crippen molar-refractivity contribution in [1.82, 2.24) is 0 Å². The average molecular weight is 266 g/mol. The second-order valence-corrected chi connectivity index (χ2v) is 6.53. The van der Waals surface area contributed by atoms with Gasteiger partial charge >= 0.3 is 0 Å². The predicted octanol–water partition coefficient (Wildman–Crippen LogP) is 6.46. The molecule has 0 aromatic heterocycles. The highest BCUT2D eigenvalue weighted by molar-refractivity contribution is 5.13. The minimum Gasteiger partial charge on any atom is -0.466 e. The van der Waals surface area contributed by atoms with Gasteiger partial charge in [-0.15, -0.1) is 0 Å². The van der Waals surface area contributed by atoms with Crippen LogP contribution in [0.25, 0.3) is 0 Å². The van der Waals surface area contributed by atoms with Gasteiger partial charge in [0.1, 0.15) is 11.5 Å². The van der Waals surface area contributed by atoms with Gasteiger partial charge in [0.25, 0.3) is 0 Å². The summed E-state index contributed by atoms with van der Waals surface area (Å²) in [6.07, 6.45) is 8.68. The first-order chi connectivity index (χ1) is 8.75. The predicted molar refractivity (Wildman–Crippen MR) is 86.0 cm³/mol. The van der Waals surface area contributed by atoms with E-state index < -0.39 is 0 Å². The fourth-order valence-corrected chi connectivity index (χ4v) is 1.75. The summed E-state index contributed by atoms with van der Waals surface area (Å²) in [5, 5.41) is 0. The summed E-state index contributed by atoms with van der Waals surface area (Å²) in [7, 11) is 0. The van der Waals surface area contributed by atoms with Crippen LogP contribution in [0, 0.1) is 10.8 Å². The van der Waals surface area contributed by atoms with Crippen molar-refractivity contribution >= 4 is 0 Å². The highest BCUT2D eigenvalue weighted by atomic mass is 16.5. The number of hydrogen-bond acceptors (Lipinski definition) is 1. The molecule has 0 aliphatic carbocycles. The highest BCUT2D eigenvalue weighted by Crippen LogP contribution is 2.38. The van der Waals surface area contributed by atoms with E-state index in [1.807, 2.05) is 0 Å². The van der Waals surface area contributed by atoms with E-state index >= 15 is 0 Å². The lowest BCUT2D eigenvalue weighted by Crippen LogP contribution is -2.22. The Morgan fingerprint density at radius 3 is 1.26 bits per heavy atom. The van der Waals surface area contributed by atoms with Gasteiger partial charge in [0.2, 0.25) is 0 Å². The molecule has 0 N–H and O–H groups in total. The van der Waals surface area contributed by atoms with Crippen molar-refractivity contribution in [1.29, 1.82) is 0 Å². The molecule has 0 radical (unpaired) electrons. The number of allylic oxidation sites excluding steroid dienone is 4. The lowest BCUT2D eigenvalue weighted by Gasteiger charge is -2.33. The summed E-state index contributed by atoms with van der Waals surface area (Å²) < 4.78 is 6.36. The van der Waals surface area contributed by atoms with Gasteiger partial charge in [-0.3, -0.25) is 0 Å². The Balaban J connectivity index is 5.32. The van der Waals surface area contributed by atoms with E-state index in [-0.39, 0.29) is 10.8 Å². The van der Waals surface area contributed by atoms with Crippen molar-refractivity contribution in [2.24, 2.45) is 10.8 Å². The van der Waals surface area contributed by atoms with Crippen LogP contribution in [0.5, 0.6) is 0 Å². The molecule has 0 aromatic rings. The molecule has 1 nitrogen and oxygen atoms in total. The monoisotopic (exact) mass is 266 g/mol. The molecule has 0 spiro atoms. The normalized spacial score (nSPS) is 14.7. The van der Waals surface area contributed by atoms with Gasteiger partial charge in [-0.2, -0.15) is 0 Å². The zero-order valence-electron chi connectivity index (χ0n) is 14.4. The molecule has 0 heterocycles. The maximum absolute atomic E-state index is 6.36. The van der Waals surface area contributed by atoms with Crippen molar-refractivity contribution in [2.45, 2.75) is 81.1 Å². The van der Waals surface area contributed by atoms with E-state index in [9.17, 15) is 0 Å². The number of hydrogen-bond donors (Lipinski definition) is 0. The van der Waals surface area contributed by atoms with Gasteiger partial charge in [0, 0.05) is 10.8 Å². The summed E-state index contributed by atoms with van der Waals surface area (Å²) in [6.45, 7) is 17.8. The largest absolute Gasteiger partial charge is 0.466 e. The Bertz CT molecular complexity index is 287. The van der Waals surface area contributed by atoms with Crippen LogP contribution in [-0.2, 0) is 4.74 Å². The molecular formula is C18H34O. The van der Waals surface area contributed by atoms with Gasteiger partial charge in [0.05, 0.1) is 0 Å². The third-order valence-corrected chi connectivity index (χ3v) is 4.10. The van der Waals surface area contributed by atoms with Gasteiger partial charge in [0.15, 0.2) is 0 Å². The van der Waals surface area contributed by atoms with E-state index in [1.54, 1.807) is 0 Å². The summed E-state index contributed by atoms with van der Waals surface area (Å²) in [6, 6.07) is 0. The SMILES string of the molecule is CCC=C(OC(=CCC)C(C)(C)CC)C(C)(C)CC. The summed E-state index contributed by atoms with van der Waals surface area (Å²) >= 11 is 0. The Morgan fingerprint density at radius 2 is 1.05 bits per heavy atom. The molecule has 0 amide bonds. The Labute approximate surface area is 121 Å². The van der Waals surface area contributed by atoms with Crippen LogP contribution in [0.4, 0.5) is 0 Å². The minimum absolute atomic E-state index is 0.104. The molecule has 0 atom stereocenters. The number of rotatable bonds is 8. The van der Waals surface area contributed by atoms with Crippen LogP contribution in [0.1, 0.15) is 81.1 Å². The molecule has 0 rings (SSSR count). The van der Waals surface area contributed by atoms with Crippen LogP contribution in [0.15, 0.2) is 23.7 Å². The first-order valence-corrected chi connectivity index (χ1v) is 7.84. The second-order valence-electron chi connectivity index (χ2n) is 6.53. The zero-order valence-corrected chi connectivity index (χ0v) is 14.4. The van der Waals surface area contributed by atoms with Crippen molar-refractivity contribution in [3.05, 3.63) is 23.7 Å². The molecule has 0 fully saturated rings. The third kappa shape index (κ3) is 5.42. The first kappa shape index (κ1) is 18.3. The molecule has 19 heavy (non-hydrogen) atoms. The lowest BCUT2D eigenvalue weighted by molar-refractivity contribution is 0.142. The minimum atomic E-state index is 0.104. The quantitative estimate of drug-likeness (QED) is 0.458. The van der Waals surface area contributed by atoms with Crippen molar-refractivity contribution < 1.29 is 4.74 Å². The molecule has 0 saturated heterocycles. The van der Waals surface area contributed by atoms with Crippen LogP contribution in [0.3, 0.4) is 0 Å². The average Bonchev–Trinajstić information content (AvgIpc) is 2.37. The Hall–Kier alpha value is -0.720. The lowest BCUT2D eigenvalue weighted by atomic mass is 9.85. The van der Waals surface area contributed by atoms with Gasteiger partial charge < -0.3 is 4.74 Å². The van der Waals surface area contributed by atoms with Gasteiger partial charge in [-0.05, 0) is 37.8 Å². The summed E-state index contributed by atoms with van der Waals surface area (Å²) in [4.78, 5) is 0. The van der Waals surface area contributed by atoms with E-state index in [0.717, 1.165) is 37.2 Å². The Morgan fingerprint density at radius 1 is 0.737 bits per heavy atom. The highest BCUT2D eigenvalue weighted by Gasteiger charge is 2.28. The van der Waals surface area contributed by atoms with Crippen LogP contribution < -0.4 is 0 Å². The van der Waals surface area contributed by atoms with Crippen molar-refractivity contribution in [3.63, 3.8) is 0 Å². The standard InChI is InChI=1S/C18H34O/c1-9-13-15(17(5,6)11-3)19-16(14-10-2)18(7,8)12-4/h13-14H,9-12H2,1-8H3. The molecule has 0 aliphatic heterocycles. The summed E-state index contributed by atoms with van der Waals surface area (Å²) in [5.41, 5.74) is 0.208.